The number of amides is 1. The highest BCUT2D eigenvalue weighted by Crippen LogP contribution is 2.27. The third-order valence-electron chi connectivity index (χ3n) is 2.99. The third kappa shape index (κ3) is 3.64. The molecule has 5 heteroatoms. The molecule has 1 heterocycles. The Balaban J connectivity index is 1.75. The highest BCUT2D eigenvalue weighted by atomic mass is 35.5. The molecule has 0 unspecified atom stereocenters. The fraction of sp³-hybridized carbons (Fsp3) is 0.462. The van der Waals surface area contributed by atoms with Gasteiger partial charge in [0, 0.05) is 36.2 Å². The van der Waals surface area contributed by atoms with Gasteiger partial charge in [-0.15, -0.1) is 11.8 Å². The first-order valence-electron chi connectivity index (χ1n) is 6.07. The molecule has 2 N–H and O–H groups in total. The van der Waals surface area contributed by atoms with E-state index in [1.807, 2.05) is 29.2 Å². The van der Waals surface area contributed by atoms with E-state index in [1.54, 1.807) is 11.8 Å². The van der Waals surface area contributed by atoms with Crippen molar-refractivity contribution < 1.29 is 4.79 Å². The van der Waals surface area contributed by atoms with Crippen LogP contribution in [0.25, 0.3) is 0 Å². The molecule has 1 aromatic rings. The van der Waals surface area contributed by atoms with E-state index in [0.29, 0.717) is 13.0 Å². The number of carbonyl (C=O) groups excluding carboxylic acids is 1. The van der Waals surface area contributed by atoms with Gasteiger partial charge in [0.1, 0.15) is 0 Å². The van der Waals surface area contributed by atoms with Gasteiger partial charge in [-0.1, -0.05) is 23.7 Å². The van der Waals surface area contributed by atoms with E-state index in [9.17, 15) is 4.79 Å². The number of nitrogens with zero attached hydrogens (tertiary/aromatic N) is 1. The van der Waals surface area contributed by atoms with Gasteiger partial charge >= 0.3 is 0 Å². The second-order valence-electron chi connectivity index (χ2n) is 4.42. The first kappa shape index (κ1) is 13.7. The van der Waals surface area contributed by atoms with Gasteiger partial charge in [0.05, 0.1) is 5.02 Å². The van der Waals surface area contributed by atoms with Crippen molar-refractivity contribution >= 4 is 29.3 Å². The minimum atomic E-state index is 0.158. The summed E-state index contributed by atoms with van der Waals surface area (Å²) < 4.78 is 0. The molecule has 0 bridgehead atoms. The number of carbonyl (C=O) groups is 1. The fourth-order valence-corrected chi connectivity index (χ4v) is 3.16. The summed E-state index contributed by atoms with van der Waals surface area (Å²) >= 11 is 7.68. The van der Waals surface area contributed by atoms with Crippen LogP contribution in [0, 0.1) is 0 Å². The predicted molar refractivity (Wildman–Crippen MR) is 76.0 cm³/mol. The van der Waals surface area contributed by atoms with Gasteiger partial charge in [-0.3, -0.25) is 4.79 Å². The summed E-state index contributed by atoms with van der Waals surface area (Å²) in [5, 5.41) is 0.748. The summed E-state index contributed by atoms with van der Waals surface area (Å²) in [6.07, 6.45) is 1.46. The van der Waals surface area contributed by atoms with Crippen LogP contribution in [0.4, 0.5) is 0 Å². The van der Waals surface area contributed by atoms with Crippen LogP contribution in [-0.2, 0) is 4.79 Å². The Labute approximate surface area is 117 Å². The Morgan fingerprint density at radius 3 is 2.94 bits per heavy atom. The van der Waals surface area contributed by atoms with Crippen LogP contribution in [0.3, 0.4) is 0 Å². The number of thioether (sulfide) groups is 1. The van der Waals surface area contributed by atoms with Crippen molar-refractivity contribution in [1.82, 2.24) is 4.90 Å². The quantitative estimate of drug-likeness (QED) is 0.864. The van der Waals surface area contributed by atoms with Crippen molar-refractivity contribution in [3.05, 3.63) is 29.3 Å². The fourth-order valence-electron chi connectivity index (χ4n) is 1.98. The van der Waals surface area contributed by atoms with E-state index in [1.165, 1.54) is 0 Å². The molecule has 98 valence electrons. The van der Waals surface area contributed by atoms with Crippen molar-refractivity contribution in [2.75, 3.05) is 18.8 Å². The van der Waals surface area contributed by atoms with Crippen LogP contribution in [-0.4, -0.2) is 35.7 Å². The number of nitrogens with two attached hydrogens (primary N) is 1. The van der Waals surface area contributed by atoms with Gasteiger partial charge in [0.15, 0.2) is 0 Å². The first-order valence-corrected chi connectivity index (χ1v) is 7.44. The minimum absolute atomic E-state index is 0.158. The maximum atomic E-state index is 11.9. The second kappa shape index (κ2) is 6.45. The average Bonchev–Trinajstić information content (AvgIpc) is 2.78. The highest BCUT2D eigenvalue weighted by Gasteiger charge is 2.22. The molecule has 1 amide bonds. The zero-order valence-electron chi connectivity index (χ0n) is 10.1. The summed E-state index contributed by atoms with van der Waals surface area (Å²) in [5.74, 6) is 0.955. The molecule has 0 aromatic heterocycles. The van der Waals surface area contributed by atoms with Crippen LogP contribution in [0.5, 0.6) is 0 Å². The number of halogens is 1. The zero-order valence-corrected chi connectivity index (χ0v) is 11.7. The Morgan fingerprint density at radius 1 is 1.50 bits per heavy atom. The molecule has 1 aliphatic rings. The van der Waals surface area contributed by atoms with Crippen molar-refractivity contribution in [2.24, 2.45) is 5.73 Å². The Morgan fingerprint density at radius 2 is 2.28 bits per heavy atom. The lowest BCUT2D eigenvalue weighted by Crippen LogP contribution is -2.32. The summed E-state index contributed by atoms with van der Waals surface area (Å²) in [7, 11) is 0. The molecule has 1 fully saturated rings. The lowest BCUT2D eigenvalue weighted by molar-refractivity contribution is -0.129. The molecule has 18 heavy (non-hydrogen) atoms. The molecule has 1 aromatic carbocycles. The number of hydrogen-bond acceptors (Lipinski definition) is 3. The maximum absolute atomic E-state index is 11.9. The number of hydrogen-bond donors (Lipinski definition) is 1. The Bertz CT molecular complexity index is 427. The SMILES string of the molecule is N[C@@H]1CCN(C(=O)CCSc2ccccc2Cl)C1. The molecule has 1 saturated heterocycles. The van der Waals surface area contributed by atoms with Crippen LogP contribution >= 0.6 is 23.4 Å². The molecular weight excluding hydrogens is 268 g/mol. The van der Waals surface area contributed by atoms with E-state index in [-0.39, 0.29) is 11.9 Å². The van der Waals surface area contributed by atoms with Gasteiger partial charge < -0.3 is 10.6 Å². The standard InChI is InChI=1S/C13H17ClN2OS/c14-11-3-1-2-4-12(11)18-8-6-13(17)16-7-5-10(15)9-16/h1-4,10H,5-9,15H2/t10-/m1/s1. The molecule has 2 rings (SSSR count). The molecule has 0 saturated carbocycles. The topological polar surface area (TPSA) is 46.3 Å². The molecule has 0 radical (unpaired) electrons. The molecule has 1 atom stereocenters. The normalized spacial score (nSPS) is 19.2. The molecule has 0 spiro atoms. The van der Waals surface area contributed by atoms with Gasteiger partial charge in [-0.25, -0.2) is 0 Å². The largest absolute Gasteiger partial charge is 0.341 e. The van der Waals surface area contributed by atoms with Gasteiger partial charge in [-0.05, 0) is 18.6 Å². The summed E-state index contributed by atoms with van der Waals surface area (Å²) in [6, 6.07) is 7.86. The predicted octanol–water partition coefficient (Wildman–Crippen LogP) is 2.38. The van der Waals surface area contributed by atoms with Crippen LogP contribution in [0.15, 0.2) is 29.2 Å². The number of likely N-dealkylation sites (tertiary alicyclic amines) is 1. The summed E-state index contributed by atoms with van der Waals surface area (Å²) in [6.45, 7) is 1.51. The van der Waals surface area contributed by atoms with Crippen LogP contribution in [0.1, 0.15) is 12.8 Å². The van der Waals surface area contributed by atoms with Crippen molar-refractivity contribution in [1.29, 1.82) is 0 Å². The Hall–Kier alpha value is -0.710. The van der Waals surface area contributed by atoms with Crippen molar-refractivity contribution in [3.8, 4) is 0 Å². The van der Waals surface area contributed by atoms with E-state index >= 15 is 0 Å². The summed E-state index contributed by atoms with van der Waals surface area (Å²) in [4.78, 5) is 14.8. The highest BCUT2D eigenvalue weighted by molar-refractivity contribution is 7.99. The lowest BCUT2D eigenvalue weighted by atomic mass is 10.3. The molecule has 3 nitrogen and oxygen atoms in total. The first-order chi connectivity index (χ1) is 8.66. The third-order valence-corrected chi connectivity index (χ3v) is 4.50. The van der Waals surface area contributed by atoms with Crippen LogP contribution < -0.4 is 5.73 Å². The van der Waals surface area contributed by atoms with Crippen molar-refractivity contribution in [2.45, 2.75) is 23.8 Å². The molecule has 1 aliphatic heterocycles. The second-order valence-corrected chi connectivity index (χ2v) is 5.96. The lowest BCUT2D eigenvalue weighted by Gasteiger charge is -2.15. The van der Waals surface area contributed by atoms with Crippen LogP contribution in [0.2, 0.25) is 5.02 Å². The maximum Gasteiger partial charge on any atom is 0.223 e. The number of benzene rings is 1. The van der Waals surface area contributed by atoms with E-state index in [2.05, 4.69) is 0 Å². The van der Waals surface area contributed by atoms with Crippen molar-refractivity contribution in [3.63, 3.8) is 0 Å². The van der Waals surface area contributed by atoms with E-state index in [4.69, 9.17) is 17.3 Å². The van der Waals surface area contributed by atoms with Gasteiger partial charge in [0.2, 0.25) is 5.91 Å². The van der Waals surface area contributed by atoms with Gasteiger partial charge in [0.25, 0.3) is 0 Å². The number of rotatable bonds is 4. The minimum Gasteiger partial charge on any atom is -0.341 e. The molecule has 0 aliphatic carbocycles. The smallest absolute Gasteiger partial charge is 0.223 e. The zero-order chi connectivity index (χ0) is 13.0. The monoisotopic (exact) mass is 284 g/mol. The Kier molecular flexibility index (Phi) is 4.92. The molecular formula is C13H17ClN2OS. The average molecular weight is 285 g/mol. The van der Waals surface area contributed by atoms with Gasteiger partial charge in [-0.2, -0.15) is 0 Å². The van der Waals surface area contributed by atoms with E-state index < -0.39 is 0 Å². The van der Waals surface area contributed by atoms with E-state index in [0.717, 1.165) is 28.6 Å². The summed E-state index contributed by atoms with van der Waals surface area (Å²) in [5.41, 5.74) is 5.79.